The number of nitrogens with zero attached hydrogens (tertiary/aromatic N) is 3. The minimum atomic E-state index is -4.73. The zero-order valence-corrected chi connectivity index (χ0v) is 31.6. The predicted octanol–water partition coefficient (Wildman–Crippen LogP) is 8.03. The van der Waals surface area contributed by atoms with Crippen LogP contribution in [0.15, 0.2) is 54.2 Å². The third-order valence-corrected chi connectivity index (χ3v) is 10.6. The normalized spacial score (nSPS) is 15.3. The number of carboxylic acids is 1. The number of ether oxygens (including phenoxy) is 1. The van der Waals surface area contributed by atoms with Gasteiger partial charge < -0.3 is 29.9 Å². The number of aromatic hydroxyl groups is 1. The molecule has 2 amide bonds. The number of aliphatic hydroxyl groups is 1. The number of alkyl halides is 6. The topological polar surface area (TPSA) is 140 Å². The lowest BCUT2D eigenvalue weighted by Gasteiger charge is -2.44. The van der Waals surface area contributed by atoms with Gasteiger partial charge in [-0.1, -0.05) is 38.5 Å². The van der Waals surface area contributed by atoms with Crippen molar-refractivity contribution in [1.82, 2.24) is 14.8 Å². The van der Waals surface area contributed by atoms with Crippen LogP contribution in [0.3, 0.4) is 0 Å². The number of carbonyl (C=O) groups is 3. The second kappa shape index (κ2) is 20.0. The molecule has 1 aliphatic rings. The van der Waals surface area contributed by atoms with E-state index in [4.69, 9.17) is 14.9 Å². The second-order valence-electron chi connectivity index (χ2n) is 13.2. The quantitative estimate of drug-likeness (QED) is 0.104. The number of aliphatic carboxylic acids is 1. The van der Waals surface area contributed by atoms with E-state index in [1.807, 2.05) is 32.0 Å². The van der Waals surface area contributed by atoms with Gasteiger partial charge in [-0.3, -0.25) is 19.4 Å². The average Bonchev–Trinajstić information content (AvgIpc) is 3.61. The number of carbonyl (C=O) groups excluding carboxylic acids is 2. The van der Waals surface area contributed by atoms with Gasteiger partial charge in [-0.2, -0.15) is 26.3 Å². The Kier molecular flexibility index (Phi) is 16.4. The third kappa shape index (κ3) is 11.8. The maximum atomic E-state index is 14.0. The molecule has 0 radical (unpaired) electrons. The molecule has 2 unspecified atom stereocenters. The Hall–Kier alpha value is -4.38. The SMILES string of the molecule is CCCC(C(CC)C(=O)N1CCC(CO)(c2ccccc2OCCCC(=O)O)CC1)N(CC)C(=O)c1cnccc1C(F)(F)F.Oc1csc(C(F)(F)F)c1. The fourth-order valence-electron chi connectivity index (χ4n) is 6.79. The standard InChI is InChI=1S/C33H44F3N3O6.C5H3F3OS/c1-4-10-27(39(6-3)31(44)24-21-37-17-14-25(24)33(34,35)36)23(5-2)30(43)38-18-15-32(22-40,16-19-38)26-11-7-8-12-28(26)45-20-9-13-29(41)42;6-5(7,8)4-1-3(9)2-10-4/h7-8,11-12,14,17,21,23,27,40H,4-6,9-10,13,15-16,18-20,22H2,1-3H3,(H,41,42);1-2,9H. The van der Waals surface area contributed by atoms with Gasteiger partial charge in [0.1, 0.15) is 16.4 Å². The molecule has 17 heteroatoms. The molecule has 304 valence electrons. The molecule has 3 heterocycles. The molecular formula is C38H47F6N3O7S. The number of aromatic nitrogens is 1. The van der Waals surface area contributed by atoms with Crippen LogP contribution < -0.4 is 4.74 Å². The Morgan fingerprint density at radius 1 is 1.04 bits per heavy atom. The number of piperidine rings is 1. The highest BCUT2D eigenvalue weighted by atomic mass is 32.1. The zero-order valence-electron chi connectivity index (χ0n) is 30.8. The van der Waals surface area contributed by atoms with Crippen molar-refractivity contribution < 1.29 is 60.8 Å². The van der Waals surface area contributed by atoms with Crippen LogP contribution in [0.1, 0.15) is 92.1 Å². The Morgan fingerprint density at radius 2 is 1.71 bits per heavy atom. The predicted molar refractivity (Wildman–Crippen MR) is 193 cm³/mol. The van der Waals surface area contributed by atoms with Gasteiger partial charge in [0.05, 0.1) is 30.3 Å². The smallest absolute Gasteiger partial charge is 0.425 e. The lowest BCUT2D eigenvalue weighted by Crippen LogP contribution is -2.53. The molecule has 0 saturated carbocycles. The Morgan fingerprint density at radius 3 is 2.22 bits per heavy atom. The average molecular weight is 804 g/mol. The van der Waals surface area contributed by atoms with Crippen LogP contribution in [0.5, 0.6) is 11.5 Å². The fraction of sp³-hybridized carbons (Fsp3) is 0.526. The molecule has 2 aromatic heterocycles. The first-order valence-electron chi connectivity index (χ1n) is 17.9. The molecule has 3 N–H and O–H groups in total. The largest absolute Gasteiger partial charge is 0.507 e. The summed E-state index contributed by atoms with van der Waals surface area (Å²) >= 11 is 0.481. The van der Waals surface area contributed by atoms with E-state index in [-0.39, 0.29) is 37.8 Å². The number of hydrogen-bond donors (Lipinski definition) is 3. The molecule has 1 saturated heterocycles. The van der Waals surface area contributed by atoms with Crippen molar-refractivity contribution >= 4 is 29.1 Å². The molecule has 1 aliphatic heterocycles. The minimum absolute atomic E-state index is 0.0191. The highest BCUT2D eigenvalue weighted by Gasteiger charge is 2.43. The van der Waals surface area contributed by atoms with E-state index in [2.05, 4.69) is 4.98 Å². The van der Waals surface area contributed by atoms with Gasteiger partial charge in [0.15, 0.2) is 0 Å². The Labute approximate surface area is 319 Å². The molecule has 4 rings (SSSR count). The number of halogens is 6. The summed E-state index contributed by atoms with van der Waals surface area (Å²) < 4.78 is 82.3. The van der Waals surface area contributed by atoms with Crippen LogP contribution in [0.25, 0.3) is 0 Å². The minimum Gasteiger partial charge on any atom is -0.507 e. The maximum Gasteiger partial charge on any atom is 0.425 e. The molecule has 0 spiro atoms. The molecule has 2 atom stereocenters. The van der Waals surface area contributed by atoms with E-state index in [1.165, 1.54) is 4.90 Å². The number of thiophene rings is 1. The van der Waals surface area contributed by atoms with Crippen molar-refractivity contribution in [3.63, 3.8) is 0 Å². The summed E-state index contributed by atoms with van der Waals surface area (Å²) in [6.07, 6.45) is -4.46. The zero-order chi connectivity index (χ0) is 41.0. The highest BCUT2D eigenvalue weighted by molar-refractivity contribution is 7.10. The van der Waals surface area contributed by atoms with E-state index in [0.717, 1.165) is 29.4 Å². The van der Waals surface area contributed by atoms with Crippen LogP contribution in [0.2, 0.25) is 0 Å². The maximum absolute atomic E-state index is 14.0. The number of rotatable bonds is 15. The van der Waals surface area contributed by atoms with Crippen molar-refractivity contribution in [3.8, 4) is 11.5 Å². The molecule has 0 aliphatic carbocycles. The molecule has 1 aromatic carbocycles. The number of likely N-dealkylation sites (tertiary alicyclic amines) is 1. The molecule has 0 bridgehead atoms. The van der Waals surface area contributed by atoms with E-state index in [0.29, 0.717) is 74.8 Å². The van der Waals surface area contributed by atoms with Gasteiger partial charge in [-0.25, -0.2) is 0 Å². The third-order valence-electron chi connectivity index (χ3n) is 9.62. The second-order valence-corrected chi connectivity index (χ2v) is 14.1. The summed E-state index contributed by atoms with van der Waals surface area (Å²) in [4.78, 5) is 44.6. The van der Waals surface area contributed by atoms with Crippen molar-refractivity contribution in [2.75, 3.05) is 32.8 Å². The van der Waals surface area contributed by atoms with Gasteiger partial charge in [0, 0.05) is 66.9 Å². The lowest BCUT2D eigenvalue weighted by molar-refractivity contribution is -0.140. The fourth-order valence-corrected chi connectivity index (χ4v) is 7.43. The van der Waals surface area contributed by atoms with Crippen LogP contribution in [0.4, 0.5) is 26.3 Å². The summed E-state index contributed by atoms with van der Waals surface area (Å²) in [7, 11) is 0. The summed E-state index contributed by atoms with van der Waals surface area (Å²) in [5.74, 6) is -2.29. The van der Waals surface area contributed by atoms with Crippen molar-refractivity contribution in [1.29, 1.82) is 0 Å². The monoisotopic (exact) mass is 803 g/mol. The number of amides is 2. The van der Waals surface area contributed by atoms with Crippen LogP contribution in [-0.4, -0.2) is 86.8 Å². The van der Waals surface area contributed by atoms with E-state index in [9.17, 15) is 45.8 Å². The molecule has 3 aromatic rings. The van der Waals surface area contributed by atoms with Gasteiger partial charge in [0.2, 0.25) is 5.91 Å². The van der Waals surface area contributed by atoms with E-state index in [1.54, 1.807) is 17.9 Å². The molecule has 55 heavy (non-hydrogen) atoms. The van der Waals surface area contributed by atoms with Gasteiger partial charge >= 0.3 is 18.3 Å². The Bertz CT molecular complexity index is 1710. The number of pyridine rings is 1. The number of benzene rings is 1. The lowest BCUT2D eigenvalue weighted by atomic mass is 9.72. The van der Waals surface area contributed by atoms with Crippen LogP contribution in [-0.2, 0) is 27.4 Å². The first-order chi connectivity index (χ1) is 25.9. The van der Waals surface area contributed by atoms with Crippen molar-refractivity contribution in [2.45, 2.75) is 89.5 Å². The molecule has 10 nitrogen and oxygen atoms in total. The number of aliphatic hydroxyl groups excluding tert-OH is 1. The highest BCUT2D eigenvalue weighted by Crippen LogP contribution is 2.41. The number of carboxylic acid groups (broad SMARTS) is 1. The summed E-state index contributed by atoms with van der Waals surface area (Å²) in [5.41, 5.74) is -1.47. The number of hydrogen-bond acceptors (Lipinski definition) is 8. The summed E-state index contributed by atoms with van der Waals surface area (Å²) in [6.45, 7) is 6.27. The first-order valence-corrected chi connectivity index (χ1v) is 18.8. The van der Waals surface area contributed by atoms with Crippen LogP contribution in [0, 0.1) is 5.92 Å². The summed E-state index contributed by atoms with van der Waals surface area (Å²) in [5, 5.41) is 29.1. The van der Waals surface area contributed by atoms with Gasteiger partial charge in [-0.15, -0.1) is 11.3 Å². The van der Waals surface area contributed by atoms with E-state index >= 15 is 0 Å². The van der Waals surface area contributed by atoms with Crippen molar-refractivity contribution in [2.24, 2.45) is 5.92 Å². The first kappa shape index (κ1) is 45.0. The van der Waals surface area contributed by atoms with Crippen molar-refractivity contribution in [3.05, 3.63) is 75.7 Å². The molecular weight excluding hydrogens is 756 g/mol. The van der Waals surface area contributed by atoms with Gasteiger partial charge in [-0.05, 0) is 51.2 Å². The van der Waals surface area contributed by atoms with Crippen LogP contribution >= 0.6 is 11.3 Å². The Balaban J connectivity index is 0.000000701. The number of para-hydroxylation sites is 1. The molecule has 1 fully saturated rings. The summed E-state index contributed by atoms with van der Waals surface area (Å²) in [6, 6.07) is 8.20. The van der Waals surface area contributed by atoms with E-state index < -0.39 is 57.6 Å². The van der Waals surface area contributed by atoms with Gasteiger partial charge in [0.25, 0.3) is 5.91 Å².